The van der Waals surface area contributed by atoms with Crippen LogP contribution in [0.2, 0.25) is 0 Å². The van der Waals surface area contributed by atoms with Gasteiger partial charge in [-0.15, -0.1) is 11.3 Å². The highest BCUT2D eigenvalue weighted by molar-refractivity contribution is 7.10. The summed E-state index contributed by atoms with van der Waals surface area (Å²) < 4.78 is 7.21. The molecular formula is C16H14N4OS. The molecule has 0 aliphatic carbocycles. The van der Waals surface area contributed by atoms with E-state index in [-0.39, 0.29) is 6.04 Å². The summed E-state index contributed by atoms with van der Waals surface area (Å²) in [5.74, 6) is 1.58. The fraction of sp³-hybridized carbons (Fsp3) is 0.125. The number of ether oxygens (including phenoxy) is 1. The first-order chi connectivity index (χ1) is 10.8. The average molecular weight is 310 g/mol. The number of methoxy groups -OCH3 is 1. The Labute approximate surface area is 131 Å². The van der Waals surface area contributed by atoms with Gasteiger partial charge < -0.3 is 10.1 Å². The summed E-state index contributed by atoms with van der Waals surface area (Å²) in [4.78, 5) is 5.54. The Morgan fingerprint density at radius 3 is 3.05 bits per heavy atom. The molecular weight excluding hydrogens is 296 g/mol. The van der Waals surface area contributed by atoms with Gasteiger partial charge in [-0.2, -0.15) is 10.1 Å². The van der Waals surface area contributed by atoms with Crippen LogP contribution in [0, 0.1) is 0 Å². The summed E-state index contributed by atoms with van der Waals surface area (Å²) >= 11 is 1.72. The number of benzene rings is 1. The number of nitrogens with zero attached hydrogens (tertiary/aromatic N) is 3. The fourth-order valence-corrected chi connectivity index (χ4v) is 3.33. The number of rotatable bonds is 3. The summed E-state index contributed by atoms with van der Waals surface area (Å²) in [5, 5.41) is 9.75. The van der Waals surface area contributed by atoms with Crippen LogP contribution in [0.4, 0.5) is 5.95 Å². The second kappa shape index (κ2) is 5.31. The Morgan fingerprint density at radius 2 is 2.23 bits per heavy atom. The quantitative estimate of drug-likeness (QED) is 0.805. The van der Waals surface area contributed by atoms with Crippen molar-refractivity contribution in [2.24, 2.45) is 0 Å². The van der Waals surface area contributed by atoms with E-state index in [1.807, 2.05) is 22.9 Å². The highest BCUT2D eigenvalue weighted by atomic mass is 32.1. The first kappa shape index (κ1) is 13.1. The maximum Gasteiger partial charge on any atom is 0.226 e. The number of thiophene rings is 1. The van der Waals surface area contributed by atoms with Gasteiger partial charge in [0.05, 0.1) is 7.11 Å². The molecule has 110 valence electrons. The molecule has 1 aromatic carbocycles. The smallest absolute Gasteiger partial charge is 0.226 e. The topological polar surface area (TPSA) is 52.0 Å². The zero-order valence-corrected chi connectivity index (χ0v) is 12.7. The van der Waals surface area contributed by atoms with Crippen LogP contribution in [0.3, 0.4) is 0 Å². The summed E-state index contributed by atoms with van der Waals surface area (Å²) in [7, 11) is 1.67. The van der Waals surface area contributed by atoms with Crippen molar-refractivity contribution < 1.29 is 4.74 Å². The van der Waals surface area contributed by atoms with Crippen molar-refractivity contribution in [1.29, 1.82) is 0 Å². The predicted molar refractivity (Wildman–Crippen MR) is 87.1 cm³/mol. The molecule has 3 aromatic rings. The third kappa shape index (κ3) is 2.17. The number of fused-ring (bicyclic) bond motifs is 1. The minimum absolute atomic E-state index is 0.0555. The van der Waals surface area contributed by atoms with Crippen molar-refractivity contribution in [2.45, 2.75) is 6.04 Å². The lowest BCUT2D eigenvalue weighted by Crippen LogP contribution is -2.19. The van der Waals surface area contributed by atoms with E-state index in [9.17, 15) is 0 Å². The molecule has 6 heteroatoms. The Balaban J connectivity index is 1.80. The number of aromatic nitrogens is 3. The van der Waals surface area contributed by atoms with Crippen LogP contribution in [-0.4, -0.2) is 21.9 Å². The summed E-state index contributed by atoms with van der Waals surface area (Å²) in [5.41, 5.74) is 2.08. The highest BCUT2D eigenvalue weighted by Crippen LogP contribution is 2.34. The van der Waals surface area contributed by atoms with Gasteiger partial charge in [-0.3, -0.25) is 0 Å². The van der Waals surface area contributed by atoms with Crippen LogP contribution in [-0.2, 0) is 0 Å². The van der Waals surface area contributed by atoms with Crippen LogP contribution < -0.4 is 10.1 Å². The first-order valence-electron chi connectivity index (χ1n) is 6.91. The molecule has 1 aliphatic heterocycles. The van der Waals surface area contributed by atoms with E-state index < -0.39 is 0 Å². The van der Waals surface area contributed by atoms with Crippen LogP contribution in [0.25, 0.3) is 5.70 Å². The van der Waals surface area contributed by atoms with E-state index in [0.29, 0.717) is 0 Å². The molecule has 0 spiro atoms. The largest absolute Gasteiger partial charge is 0.497 e. The SMILES string of the molecule is COc1cccc(C2=C[C@@H](c3cccs3)n3ncnc3N2)c1. The molecule has 0 bridgehead atoms. The van der Waals surface area contributed by atoms with Crippen molar-refractivity contribution in [1.82, 2.24) is 14.8 Å². The van der Waals surface area contributed by atoms with Gasteiger partial charge in [0.2, 0.25) is 5.95 Å². The van der Waals surface area contributed by atoms with Crippen molar-refractivity contribution in [3.63, 3.8) is 0 Å². The molecule has 0 fully saturated rings. The third-order valence-corrected chi connectivity index (χ3v) is 4.57. The molecule has 3 heterocycles. The Kier molecular flexibility index (Phi) is 3.16. The van der Waals surface area contributed by atoms with Gasteiger partial charge in [0.25, 0.3) is 0 Å². The molecule has 1 atom stereocenters. The molecule has 5 nitrogen and oxygen atoms in total. The average Bonchev–Trinajstić information content (AvgIpc) is 3.25. The van der Waals surface area contributed by atoms with Gasteiger partial charge >= 0.3 is 0 Å². The lowest BCUT2D eigenvalue weighted by atomic mass is 10.1. The summed E-state index contributed by atoms with van der Waals surface area (Å²) in [6.45, 7) is 0. The van der Waals surface area contributed by atoms with Gasteiger partial charge in [0.1, 0.15) is 18.1 Å². The first-order valence-corrected chi connectivity index (χ1v) is 7.79. The minimum atomic E-state index is 0.0555. The maximum absolute atomic E-state index is 5.31. The van der Waals surface area contributed by atoms with E-state index in [1.165, 1.54) is 4.88 Å². The van der Waals surface area contributed by atoms with E-state index in [4.69, 9.17) is 4.74 Å². The molecule has 1 aliphatic rings. The summed E-state index contributed by atoms with van der Waals surface area (Å²) in [6.07, 6.45) is 3.74. The lowest BCUT2D eigenvalue weighted by molar-refractivity contribution is 0.414. The second-order valence-corrected chi connectivity index (χ2v) is 5.91. The zero-order chi connectivity index (χ0) is 14.9. The fourth-order valence-electron chi connectivity index (χ4n) is 2.55. The third-order valence-electron chi connectivity index (χ3n) is 3.62. The molecule has 0 amide bonds. The Hall–Kier alpha value is -2.60. The monoisotopic (exact) mass is 310 g/mol. The van der Waals surface area contributed by atoms with Gasteiger partial charge in [0.15, 0.2) is 0 Å². The van der Waals surface area contributed by atoms with Gasteiger partial charge in [-0.25, -0.2) is 4.68 Å². The maximum atomic E-state index is 5.31. The van der Waals surface area contributed by atoms with Crippen molar-refractivity contribution in [2.75, 3.05) is 12.4 Å². The van der Waals surface area contributed by atoms with Crippen molar-refractivity contribution >= 4 is 23.0 Å². The number of nitrogens with one attached hydrogen (secondary N) is 1. The predicted octanol–water partition coefficient (Wildman–Crippen LogP) is 3.40. The van der Waals surface area contributed by atoms with E-state index in [2.05, 4.69) is 45.1 Å². The molecule has 0 saturated carbocycles. The number of anilines is 1. The second-order valence-electron chi connectivity index (χ2n) is 4.93. The van der Waals surface area contributed by atoms with Gasteiger partial charge in [-0.05, 0) is 29.7 Å². The Bertz CT molecular complexity index is 822. The number of allylic oxidation sites excluding steroid dienone is 1. The normalized spacial score (nSPS) is 16.6. The van der Waals surface area contributed by atoms with Crippen LogP contribution >= 0.6 is 11.3 Å². The van der Waals surface area contributed by atoms with Crippen molar-refractivity contribution in [3.05, 3.63) is 64.6 Å². The van der Waals surface area contributed by atoms with E-state index in [0.717, 1.165) is 23.0 Å². The summed E-state index contributed by atoms with van der Waals surface area (Å²) in [6, 6.07) is 12.2. The standard InChI is InChI=1S/C16H14N4OS/c1-21-12-5-2-4-11(8-12)13-9-14(15-6-3-7-22-15)20-16(19-13)17-10-18-20/h2-10,14H,1H3,(H,17,18,19)/t14-/m0/s1. The molecule has 0 saturated heterocycles. The van der Waals surface area contributed by atoms with Crippen LogP contribution in [0.1, 0.15) is 16.5 Å². The van der Waals surface area contributed by atoms with Crippen molar-refractivity contribution in [3.8, 4) is 5.75 Å². The van der Waals surface area contributed by atoms with Gasteiger partial charge in [0, 0.05) is 16.1 Å². The zero-order valence-electron chi connectivity index (χ0n) is 11.9. The molecule has 2 aromatic heterocycles. The molecule has 0 unspecified atom stereocenters. The van der Waals surface area contributed by atoms with Crippen LogP contribution in [0.5, 0.6) is 5.75 Å². The number of hydrogen-bond acceptors (Lipinski definition) is 5. The van der Waals surface area contributed by atoms with E-state index >= 15 is 0 Å². The Morgan fingerprint density at radius 1 is 1.27 bits per heavy atom. The molecule has 0 radical (unpaired) electrons. The number of hydrogen-bond donors (Lipinski definition) is 1. The lowest BCUT2D eigenvalue weighted by Gasteiger charge is -2.23. The molecule has 1 N–H and O–H groups in total. The minimum Gasteiger partial charge on any atom is -0.497 e. The molecule has 22 heavy (non-hydrogen) atoms. The molecule has 4 rings (SSSR count). The van der Waals surface area contributed by atoms with E-state index in [1.54, 1.807) is 24.8 Å². The van der Waals surface area contributed by atoms with Crippen LogP contribution in [0.15, 0.2) is 54.2 Å². The van der Waals surface area contributed by atoms with Gasteiger partial charge in [-0.1, -0.05) is 18.2 Å². The highest BCUT2D eigenvalue weighted by Gasteiger charge is 2.24.